The number of carbonyl (C=O) groups excluding carboxylic acids is 1. The Morgan fingerprint density at radius 2 is 2.71 bits per heavy atom. The van der Waals surface area contributed by atoms with Crippen molar-refractivity contribution in [1.82, 2.24) is 15.3 Å². The first-order valence-electron chi connectivity index (χ1n) is 5.53. The van der Waals surface area contributed by atoms with Crippen molar-refractivity contribution in [3.63, 3.8) is 0 Å². The topological polar surface area (TPSA) is 83.8 Å². The molecule has 0 radical (unpaired) electrons. The van der Waals surface area contributed by atoms with Crippen LogP contribution in [-0.4, -0.2) is 47.5 Å². The van der Waals surface area contributed by atoms with Crippen LogP contribution in [0.3, 0.4) is 0 Å². The molecule has 4 N–H and O–H groups in total. The maximum absolute atomic E-state index is 11.9. The van der Waals surface area contributed by atoms with Gasteiger partial charge in [-0.2, -0.15) is 0 Å². The van der Waals surface area contributed by atoms with E-state index in [0.29, 0.717) is 26.3 Å². The molecule has 0 spiro atoms. The summed E-state index contributed by atoms with van der Waals surface area (Å²) in [5.74, 6) is 1.10. The first-order valence-corrected chi connectivity index (χ1v) is 9.75. The third kappa shape index (κ3) is 4.03. The normalized spacial score (nSPS) is 22.1. The van der Waals surface area contributed by atoms with Crippen molar-refractivity contribution >= 4 is 29.9 Å². The Bertz CT molecular complexity index is 353. The van der Waals surface area contributed by atoms with Crippen LogP contribution < -0.4 is 11.1 Å². The number of aromatic nitrogens is 2. The van der Waals surface area contributed by atoms with Crippen LogP contribution in [0.2, 0.25) is 5.32 Å². The van der Waals surface area contributed by atoms with Crippen molar-refractivity contribution in [3.05, 3.63) is 18.2 Å². The molecular formula is C10H16N4OSSe. The molecule has 1 aromatic heterocycles. The molecule has 7 heteroatoms. The van der Waals surface area contributed by atoms with E-state index in [-0.39, 0.29) is 5.91 Å². The van der Waals surface area contributed by atoms with Crippen molar-refractivity contribution in [2.24, 2.45) is 5.73 Å². The summed E-state index contributed by atoms with van der Waals surface area (Å²) in [7, 11) is 2.00. The van der Waals surface area contributed by atoms with Crippen LogP contribution in [-0.2, 0) is 11.2 Å². The van der Waals surface area contributed by atoms with Crippen LogP contribution in [0.5, 0.6) is 0 Å². The number of nitrogens with two attached hydrogens (primary N) is 1. The zero-order valence-electron chi connectivity index (χ0n) is 9.39. The summed E-state index contributed by atoms with van der Waals surface area (Å²) in [4.78, 5) is 18.7. The summed E-state index contributed by atoms with van der Waals surface area (Å²) in [6.45, 7) is 0. The second-order valence-corrected chi connectivity index (χ2v) is 8.53. The van der Waals surface area contributed by atoms with E-state index >= 15 is 0 Å². The number of hydrogen-bond acceptors (Lipinski definition) is 4. The molecule has 1 aliphatic heterocycles. The van der Waals surface area contributed by atoms with E-state index in [9.17, 15) is 4.79 Å². The van der Waals surface area contributed by atoms with Gasteiger partial charge in [-0.15, -0.1) is 0 Å². The molecule has 94 valence electrons. The predicted octanol–water partition coefficient (Wildman–Crippen LogP) is -0.0613. The fourth-order valence-electron chi connectivity index (χ4n) is 1.61. The van der Waals surface area contributed by atoms with E-state index in [1.807, 2.05) is 10.2 Å². The summed E-state index contributed by atoms with van der Waals surface area (Å²) < 4.78 is 0. The van der Waals surface area contributed by atoms with Crippen molar-refractivity contribution in [3.8, 4) is 0 Å². The van der Waals surface area contributed by atoms with Crippen molar-refractivity contribution in [1.29, 1.82) is 0 Å². The van der Waals surface area contributed by atoms with Crippen LogP contribution in [0, 0.1) is 0 Å². The third-order valence-corrected chi connectivity index (χ3v) is 7.08. The first kappa shape index (κ1) is 13.0. The van der Waals surface area contributed by atoms with Gasteiger partial charge in [0.1, 0.15) is 0 Å². The van der Waals surface area contributed by atoms with Gasteiger partial charge in [0, 0.05) is 0 Å². The monoisotopic (exact) mass is 320 g/mol. The van der Waals surface area contributed by atoms with Gasteiger partial charge in [-0.3, -0.25) is 0 Å². The number of imidazole rings is 1. The summed E-state index contributed by atoms with van der Waals surface area (Å²) in [5.41, 5.74) is 6.76. The molecule has 1 amide bonds. The number of aromatic amines is 1. The molecule has 1 aromatic rings. The minimum atomic E-state index is -0.488. The van der Waals surface area contributed by atoms with Crippen LogP contribution in [0.1, 0.15) is 12.1 Å². The SMILES string of the molecule is NC(Cc1cnc[nH]1)C(=O)N[C@H]1CCS[Se]C1. The molecule has 0 aliphatic carbocycles. The molecule has 5 nitrogen and oxygen atoms in total. The molecule has 1 saturated heterocycles. The van der Waals surface area contributed by atoms with E-state index in [2.05, 4.69) is 15.3 Å². The maximum atomic E-state index is 11.9. The summed E-state index contributed by atoms with van der Waals surface area (Å²) in [6.07, 6.45) is 4.88. The number of carbonyl (C=O) groups is 1. The molecule has 1 unspecified atom stereocenters. The fourth-order valence-corrected chi connectivity index (χ4v) is 5.88. The molecule has 2 atom stereocenters. The van der Waals surface area contributed by atoms with Crippen LogP contribution in [0.25, 0.3) is 0 Å². The van der Waals surface area contributed by atoms with Gasteiger partial charge in [-0.05, 0) is 0 Å². The quantitative estimate of drug-likeness (QED) is 0.679. The van der Waals surface area contributed by atoms with Crippen LogP contribution in [0.4, 0.5) is 0 Å². The summed E-state index contributed by atoms with van der Waals surface area (Å²) >= 11 is 0.615. The van der Waals surface area contributed by atoms with Gasteiger partial charge in [0.2, 0.25) is 0 Å². The number of nitrogens with one attached hydrogen (secondary N) is 2. The van der Waals surface area contributed by atoms with E-state index < -0.39 is 6.04 Å². The average Bonchev–Trinajstić information content (AvgIpc) is 2.83. The molecule has 1 fully saturated rings. The molecule has 0 bridgehead atoms. The molecular weight excluding hydrogens is 303 g/mol. The summed E-state index contributed by atoms with van der Waals surface area (Å²) in [5, 5.41) is 4.15. The first-order chi connectivity index (χ1) is 8.25. The van der Waals surface area contributed by atoms with E-state index in [1.54, 1.807) is 12.5 Å². The van der Waals surface area contributed by atoms with E-state index in [1.165, 1.54) is 0 Å². The Hall–Kier alpha value is -0.491. The number of nitrogens with zero attached hydrogens (tertiary/aromatic N) is 1. The molecule has 2 rings (SSSR count). The molecule has 17 heavy (non-hydrogen) atoms. The van der Waals surface area contributed by atoms with Gasteiger partial charge in [0.15, 0.2) is 0 Å². The Kier molecular flexibility index (Phi) is 4.91. The van der Waals surface area contributed by atoms with Crippen LogP contribution >= 0.6 is 10.2 Å². The Labute approximate surface area is 110 Å². The standard InChI is InChI=1S/C10H16N4OSSe/c11-9(3-8-4-12-6-13-8)10(15)14-7-1-2-16-17-5-7/h4,6-7,9H,1-3,5,11H2,(H,12,13)(H,14,15)/t7-,9?/m0/s1. The van der Waals surface area contributed by atoms with E-state index in [4.69, 9.17) is 5.73 Å². The van der Waals surface area contributed by atoms with Crippen LogP contribution in [0.15, 0.2) is 12.5 Å². The fraction of sp³-hybridized carbons (Fsp3) is 0.600. The number of amides is 1. The number of rotatable bonds is 4. The Morgan fingerprint density at radius 1 is 1.82 bits per heavy atom. The van der Waals surface area contributed by atoms with Gasteiger partial charge in [0.25, 0.3) is 0 Å². The van der Waals surface area contributed by atoms with Gasteiger partial charge < -0.3 is 0 Å². The van der Waals surface area contributed by atoms with E-state index in [0.717, 1.165) is 23.2 Å². The van der Waals surface area contributed by atoms with Gasteiger partial charge in [-0.25, -0.2) is 0 Å². The molecule has 1 aliphatic rings. The van der Waals surface area contributed by atoms with Gasteiger partial charge >= 0.3 is 110 Å². The molecule has 0 saturated carbocycles. The number of hydrogen-bond donors (Lipinski definition) is 3. The predicted molar refractivity (Wildman–Crippen MR) is 69.8 cm³/mol. The van der Waals surface area contributed by atoms with Crippen molar-refractivity contribution in [2.75, 3.05) is 5.75 Å². The zero-order valence-corrected chi connectivity index (χ0v) is 11.9. The zero-order chi connectivity index (χ0) is 12.1. The van der Waals surface area contributed by atoms with Crippen molar-refractivity contribution < 1.29 is 4.79 Å². The second-order valence-electron chi connectivity index (χ2n) is 3.99. The molecule has 2 heterocycles. The molecule has 0 aromatic carbocycles. The summed E-state index contributed by atoms with van der Waals surface area (Å²) in [6, 6.07) is -0.158. The van der Waals surface area contributed by atoms with Gasteiger partial charge in [-0.1, -0.05) is 0 Å². The Balaban J connectivity index is 1.78. The third-order valence-electron chi connectivity index (χ3n) is 2.58. The number of H-pyrrole nitrogens is 1. The van der Waals surface area contributed by atoms with Gasteiger partial charge in [0.05, 0.1) is 0 Å². The second kappa shape index (κ2) is 6.44. The Morgan fingerprint density at radius 3 is 3.35 bits per heavy atom. The minimum absolute atomic E-state index is 0.0488. The van der Waals surface area contributed by atoms with Crippen molar-refractivity contribution in [2.45, 2.75) is 30.2 Å². The average molecular weight is 319 g/mol.